The van der Waals surface area contributed by atoms with Crippen molar-refractivity contribution in [2.45, 2.75) is 6.42 Å². The summed E-state index contributed by atoms with van der Waals surface area (Å²) in [6.07, 6.45) is -0.266. The lowest BCUT2D eigenvalue weighted by atomic mass is 10.2. The molecule has 1 aromatic carbocycles. The summed E-state index contributed by atoms with van der Waals surface area (Å²) >= 11 is 6.06. The van der Waals surface area contributed by atoms with Crippen LogP contribution in [-0.2, 0) is 16.6 Å². The smallest absolute Gasteiger partial charge is 0.313 e. The summed E-state index contributed by atoms with van der Waals surface area (Å²) < 4.78 is 6.21. The Labute approximate surface area is 109 Å². The lowest BCUT2D eigenvalue weighted by Gasteiger charge is -2.02. The first-order chi connectivity index (χ1) is 8.54. The molecule has 1 heterocycles. The van der Waals surface area contributed by atoms with Crippen LogP contribution >= 0.6 is 11.6 Å². The molecule has 0 radical (unpaired) electrons. The Balaban J connectivity index is 2.46. The van der Waals surface area contributed by atoms with Crippen molar-refractivity contribution in [3.8, 4) is 0 Å². The third-order valence-corrected chi connectivity index (χ3v) is 3.18. The fourth-order valence-electron chi connectivity index (χ4n) is 1.89. The Morgan fingerprint density at radius 1 is 1.39 bits per heavy atom. The number of carbonyl (C=O) groups is 2. The summed E-state index contributed by atoms with van der Waals surface area (Å²) in [5.41, 5.74) is 1.30. The molecule has 2 aromatic rings. The van der Waals surface area contributed by atoms with Crippen LogP contribution in [0.25, 0.3) is 10.9 Å². The van der Waals surface area contributed by atoms with Crippen LogP contribution in [0.5, 0.6) is 0 Å². The van der Waals surface area contributed by atoms with Crippen molar-refractivity contribution in [1.82, 2.24) is 4.57 Å². The average Bonchev–Trinajstić information content (AvgIpc) is 2.69. The van der Waals surface area contributed by atoms with Crippen LogP contribution in [-0.4, -0.2) is 23.4 Å². The van der Waals surface area contributed by atoms with Crippen LogP contribution in [0.4, 0.5) is 0 Å². The molecule has 0 bridgehead atoms. The van der Waals surface area contributed by atoms with Gasteiger partial charge < -0.3 is 9.30 Å². The first-order valence-corrected chi connectivity index (χ1v) is 5.76. The van der Waals surface area contributed by atoms with Gasteiger partial charge >= 0.3 is 5.97 Å². The lowest BCUT2D eigenvalue weighted by molar-refractivity contribution is -0.139. The predicted octanol–water partition coefficient (Wildman–Crippen LogP) is 2.58. The summed E-state index contributed by atoms with van der Waals surface area (Å²) in [5, 5.41) is 1.38. The number of hydrogen-bond acceptors (Lipinski definition) is 3. The van der Waals surface area contributed by atoms with Crippen LogP contribution in [0.2, 0.25) is 5.02 Å². The quantitative estimate of drug-likeness (QED) is 0.487. The van der Waals surface area contributed by atoms with Crippen molar-refractivity contribution >= 4 is 34.3 Å². The molecule has 0 aliphatic rings. The molecule has 0 atom stereocenters. The second-order valence-corrected chi connectivity index (χ2v) is 4.34. The highest BCUT2D eigenvalue weighted by Gasteiger charge is 2.17. The Bertz CT molecular complexity index is 630. The van der Waals surface area contributed by atoms with E-state index in [1.165, 1.54) is 7.11 Å². The molecule has 0 amide bonds. The lowest BCUT2D eigenvalue weighted by Crippen LogP contribution is -2.12. The highest BCUT2D eigenvalue weighted by molar-refractivity contribution is 6.35. The van der Waals surface area contributed by atoms with Crippen LogP contribution in [0, 0.1) is 0 Å². The molecule has 1 aromatic heterocycles. The number of hydrogen-bond donors (Lipinski definition) is 0. The number of methoxy groups -OCH3 is 1. The van der Waals surface area contributed by atoms with Crippen molar-refractivity contribution < 1.29 is 14.3 Å². The van der Waals surface area contributed by atoms with E-state index in [1.54, 1.807) is 23.7 Å². The summed E-state index contributed by atoms with van der Waals surface area (Å²) in [6, 6.07) is 7.15. The van der Waals surface area contributed by atoms with Gasteiger partial charge in [0.1, 0.15) is 6.42 Å². The van der Waals surface area contributed by atoms with Crippen LogP contribution in [0.3, 0.4) is 0 Å². The minimum absolute atomic E-state index is 0.266. The third kappa shape index (κ3) is 2.11. The maximum atomic E-state index is 12.0. The Morgan fingerprint density at radius 2 is 2.11 bits per heavy atom. The zero-order chi connectivity index (χ0) is 13.3. The fourth-order valence-corrected chi connectivity index (χ4v) is 2.11. The number of carbonyl (C=O) groups excluding carboxylic acids is 2. The number of ether oxygens (including phenoxy) is 1. The molecule has 0 aliphatic carbocycles. The third-order valence-electron chi connectivity index (χ3n) is 2.85. The number of halogens is 1. The Kier molecular flexibility index (Phi) is 3.39. The highest BCUT2D eigenvalue weighted by atomic mass is 35.5. The largest absolute Gasteiger partial charge is 0.469 e. The molecule has 2 rings (SSSR count). The fraction of sp³-hybridized carbons (Fsp3) is 0.231. The standard InChI is InChI=1S/C13H12ClNO3/c1-15-10-5-3-4-9(14)8(10)6-11(15)12(16)7-13(17)18-2/h3-6H,7H2,1-2H3. The van der Waals surface area contributed by atoms with E-state index in [-0.39, 0.29) is 12.2 Å². The molecule has 0 fully saturated rings. The minimum Gasteiger partial charge on any atom is -0.469 e. The molecular formula is C13H12ClNO3. The number of fused-ring (bicyclic) bond motifs is 1. The monoisotopic (exact) mass is 265 g/mol. The van der Waals surface area contributed by atoms with Gasteiger partial charge in [0.15, 0.2) is 5.78 Å². The topological polar surface area (TPSA) is 48.3 Å². The summed E-state index contributed by atoms with van der Waals surface area (Å²) in [6.45, 7) is 0. The van der Waals surface area contributed by atoms with Gasteiger partial charge in [-0.05, 0) is 18.2 Å². The highest BCUT2D eigenvalue weighted by Crippen LogP contribution is 2.26. The SMILES string of the molecule is COC(=O)CC(=O)c1cc2c(Cl)cccc2n1C. The van der Waals surface area contributed by atoms with E-state index < -0.39 is 5.97 Å². The van der Waals surface area contributed by atoms with E-state index in [2.05, 4.69) is 4.74 Å². The number of benzene rings is 1. The predicted molar refractivity (Wildman–Crippen MR) is 68.9 cm³/mol. The molecule has 0 aliphatic heterocycles. The number of aryl methyl sites for hydroxylation is 1. The number of esters is 1. The summed E-state index contributed by atoms with van der Waals surface area (Å²) in [7, 11) is 3.02. The molecule has 0 unspecified atom stereocenters. The van der Waals surface area contributed by atoms with Gasteiger partial charge in [-0.3, -0.25) is 9.59 Å². The minimum atomic E-state index is -0.545. The van der Waals surface area contributed by atoms with Crippen molar-refractivity contribution in [3.63, 3.8) is 0 Å². The van der Waals surface area contributed by atoms with Gasteiger partial charge in [-0.25, -0.2) is 0 Å². The second-order valence-electron chi connectivity index (χ2n) is 3.94. The number of aromatic nitrogens is 1. The normalized spacial score (nSPS) is 10.6. The van der Waals surface area contributed by atoms with E-state index >= 15 is 0 Å². The van der Waals surface area contributed by atoms with E-state index in [1.807, 2.05) is 12.1 Å². The van der Waals surface area contributed by atoms with Gasteiger partial charge in [0.2, 0.25) is 0 Å². The molecule has 0 saturated carbocycles. The van der Waals surface area contributed by atoms with Gasteiger partial charge in [0.05, 0.1) is 12.8 Å². The first kappa shape index (κ1) is 12.6. The molecule has 0 spiro atoms. The van der Waals surface area contributed by atoms with E-state index in [4.69, 9.17) is 11.6 Å². The maximum absolute atomic E-state index is 12.0. The van der Waals surface area contributed by atoms with Crippen LogP contribution < -0.4 is 0 Å². The molecule has 18 heavy (non-hydrogen) atoms. The summed E-state index contributed by atoms with van der Waals surface area (Å²) in [5.74, 6) is -0.826. The van der Waals surface area contributed by atoms with Gasteiger partial charge in [0, 0.05) is 23.0 Å². The Hall–Kier alpha value is -1.81. The molecular weight excluding hydrogens is 254 g/mol. The molecule has 5 heteroatoms. The maximum Gasteiger partial charge on any atom is 0.313 e. The number of Topliss-reactive ketones (excluding diaryl/α,β-unsaturated/α-hetero) is 1. The average molecular weight is 266 g/mol. The van der Waals surface area contributed by atoms with Crippen molar-refractivity contribution in [1.29, 1.82) is 0 Å². The first-order valence-electron chi connectivity index (χ1n) is 5.38. The van der Waals surface area contributed by atoms with Crippen LogP contribution in [0.1, 0.15) is 16.9 Å². The van der Waals surface area contributed by atoms with Crippen LogP contribution in [0.15, 0.2) is 24.3 Å². The van der Waals surface area contributed by atoms with E-state index in [0.717, 1.165) is 10.9 Å². The van der Waals surface area contributed by atoms with E-state index in [0.29, 0.717) is 10.7 Å². The zero-order valence-electron chi connectivity index (χ0n) is 10.1. The number of ketones is 1. The summed E-state index contributed by atoms with van der Waals surface area (Å²) in [4.78, 5) is 23.1. The zero-order valence-corrected chi connectivity index (χ0v) is 10.8. The molecule has 4 nitrogen and oxygen atoms in total. The van der Waals surface area contributed by atoms with Crippen molar-refractivity contribution in [2.75, 3.05) is 7.11 Å². The van der Waals surface area contributed by atoms with Crippen molar-refractivity contribution in [3.05, 3.63) is 35.0 Å². The van der Waals surface area contributed by atoms with Gasteiger partial charge in [-0.1, -0.05) is 17.7 Å². The molecule has 94 valence electrons. The second kappa shape index (κ2) is 4.82. The van der Waals surface area contributed by atoms with Gasteiger partial charge in [0.25, 0.3) is 0 Å². The molecule has 0 saturated heterocycles. The number of nitrogens with zero attached hydrogens (tertiary/aromatic N) is 1. The Morgan fingerprint density at radius 3 is 2.72 bits per heavy atom. The van der Waals surface area contributed by atoms with Gasteiger partial charge in [-0.2, -0.15) is 0 Å². The molecule has 0 N–H and O–H groups in total. The van der Waals surface area contributed by atoms with Crippen molar-refractivity contribution in [2.24, 2.45) is 7.05 Å². The van der Waals surface area contributed by atoms with E-state index in [9.17, 15) is 9.59 Å². The number of rotatable bonds is 3. The van der Waals surface area contributed by atoms with Gasteiger partial charge in [-0.15, -0.1) is 0 Å².